The Labute approximate surface area is 182 Å². The fraction of sp³-hybridized carbons (Fsp3) is 0.583. The van der Waals surface area contributed by atoms with Crippen LogP contribution in [0.25, 0.3) is 6.08 Å². The highest BCUT2D eigenvalue weighted by Crippen LogP contribution is 2.42. The standard InChI is InChI=1S/C24H31FN2O2S/c25-19-12-6-5-9-17(19)15-22-24(29)27(20-13-7-8-14-21(20)30-22)16-23(28)26-18-10-3-1-2-4-11-18/h5-6,9,12,15,18,20-21H,1-4,7-8,10-11,13-14,16H2,(H,26,28)/b22-15-. The molecule has 3 aliphatic rings. The van der Waals surface area contributed by atoms with Gasteiger partial charge in [0.1, 0.15) is 12.4 Å². The van der Waals surface area contributed by atoms with E-state index in [0.717, 1.165) is 51.4 Å². The first kappa shape index (κ1) is 21.4. The van der Waals surface area contributed by atoms with Crippen molar-refractivity contribution < 1.29 is 14.0 Å². The number of amides is 2. The van der Waals surface area contributed by atoms with E-state index in [-0.39, 0.29) is 41.5 Å². The summed E-state index contributed by atoms with van der Waals surface area (Å²) in [7, 11) is 0. The van der Waals surface area contributed by atoms with E-state index in [1.54, 1.807) is 40.9 Å². The van der Waals surface area contributed by atoms with Crippen LogP contribution in [0.5, 0.6) is 0 Å². The summed E-state index contributed by atoms with van der Waals surface area (Å²) in [6.45, 7) is 0.103. The van der Waals surface area contributed by atoms with Gasteiger partial charge in [0.25, 0.3) is 5.91 Å². The van der Waals surface area contributed by atoms with E-state index in [9.17, 15) is 14.0 Å². The minimum absolute atomic E-state index is 0.0586. The fourth-order valence-corrected chi connectivity index (χ4v) is 6.41. The fourth-order valence-electron chi connectivity index (χ4n) is 4.95. The summed E-state index contributed by atoms with van der Waals surface area (Å²) in [5.41, 5.74) is 0.422. The summed E-state index contributed by atoms with van der Waals surface area (Å²) in [5, 5.41) is 3.45. The maximum atomic E-state index is 14.2. The number of benzene rings is 1. The van der Waals surface area contributed by atoms with Gasteiger partial charge in [-0.15, -0.1) is 11.8 Å². The molecule has 3 fully saturated rings. The number of nitrogens with zero attached hydrogens (tertiary/aromatic N) is 1. The summed E-state index contributed by atoms with van der Waals surface area (Å²) >= 11 is 1.57. The van der Waals surface area contributed by atoms with Crippen LogP contribution in [0.2, 0.25) is 0 Å². The van der Waals surface area contributed by atoms with Crippen LogP contribution in [0, 0.1) is 5.82 Å². The SMILES string of the molecule is O=C(CN1C(=O)/C(=C/c2ccccc2F)SC2CCCCC21)NC1CCCCCC1. The van der Waals surface area contributed by atoms with Crippen molar-refractivity contribution in [2.24, 2.45) is 0 Å². The summed E-state index contributed by atoms with van der Waals surface area (Å²) in [4.78, 5) is 28.5. The Morgan fingerprint density at radius 1 is 1.07 bits per heavy atom. The highest BCUT2D eigenvalue weighted by Gasteiger charge is 2.41. The number of fused-ring (bicyclic) bond motifs is 1. The van der Waals surface area contributed by atoms with Gasteiger partial charge in [-0.25, -0.2) is 4.39 Å². The zero-order valence-corrected chi connectivity index (χ0v) is 18.3. The molecule has 1 aromatic rings. The van der Waals surface area contributed by atoms with Crippen LogP contribution in [-0.4, -0.2) is 40.6 Å². The van der Waals surface area contributed by atoms with Crippen LogP contribution < -0.4 is 5.32 Å². The van der Waals surface area contributed by atoms with E-state index < -0.39 is 0 Å². The van der Waals surface area contributed by atoms with Gasteiger partial charge in [0.15, 0.2) is 0 Å². The van der Waals surface area contributed by atoms with E-state index in [0.29, 0.717) is 10.5 Å². The Balaban J connectivity index is 1.51. The Morgan fingerprint density at radius 3 is 2.53 bits per heavy atom. The zero-order valence-electron chi connectivity index (χ0n) is 17.4. The number of hydrogen-bond acceptors (Lipinski definition) is 3. The molecule has 0 aromatic heterocycles. The normalized spacial score (nSPS) is 26.9. The molecule has 2 atom stereocenters. The van der Waals surface area contributed by atoms with Gasteiger partial charge >= 0.3 is 0 Å². The maximum Gasteiger partial charge on any atom is 0.261 e. The van der Waals surface area contributed by atoms with Gasteiger partial charge < -0.3 is 10.2 Å². The Morgan fingerprint density at radius 2 is 1.77 bits per heavy atom. The van der Waals surface area contributed by atoms with Crippen LogP contribution >= 0.6 is 11.8 Å². The van der Waals surface area contributed by atoms with Crippen LogP contribution in [0.3, 0.4) is 0 Å². The number of nitrogens with one attached hydrogen (secondary N) is 1. The number of carbonyl (C=O) groups excluding carboxylic acids is 2. The number of halogens is 1. The molecule has 1 N–H and O–H groups in total. The lowest BCUT2D eigenvalue weighted by atomic mass is 9.93. The Hall–Kier alpha value is -1.82. The maximum absolute atomic E-state index is 14.2. The lowest BCUT2D eigenvalue weighted by Gasteiger charge is -2.44. The zero-order chi connectivity index (χ0) is 20.9. The third kappa shape index (κ3) is 5.08. The van der Waals surface area contributed by atoms with Crippen LogP contribution in [0.1, 0.15) is 69.8 Å². The monoisotopic (exact) mass is 430 g/mol. The summed E-state index contributed by atoms with van der Waals surface area (Å²) in [6, 6.07) is 6.83. The number of hydrogen-bond donors (Lipinski definition) is 1. The smallest absolute Gasteiger partial charge is 0.261 e. The molecule has 1 aliphatic heterocycles. The molecule has 1 aromatic carbocycles. The minimum atomic E-state index is -0.332. The molecular formula is C24H31FN2O2S. The molecule has 0 bridgehead atoms. The van der Waals surface area contributed by atoms with Gasteiger partial charge in [-0.05, 0) is 37.8 Å². The van der Waals surface area contributed by atoms with Crippen molar-refractivity contribution in [1.82, 2.24) is 10.2 Å². The molecule has 6 heteroatoms. The molecule has 1 saturated heterocycles. The first-order chi connectivity index (χ1) is 14.6. The molecule has 2 aliphatic carbocycles. The minimum Gasteiger partial charge on any atom is -0.352 e. The van der Waals surface area contributed by atoms with Crippen molar-refractivity contribution in [2.75, 3.05) is 6.54 Å². The highest BCUT2D eigenvalue weighted by atomic mass is 32.2. The van der Waals surface area contributed by atoms with Crippen LogP contribution in [0.4, 0.5) is 4.39 Å². The van der Waals surface area contributed by atoms with Gasteiger partial charge in [0, 0.05) is 22.9 Å². The molecule has 1 heterocycles. The van der Waals surface area contributed by atoms with Crippen molar-refractivity contribution in [3.63, 3.8) is 0 Å². The summed E-state index contributed by atoms with van der Waals surface area (Å²) in [5.74, 6) is -0.527. The van der Waals surface area contributed by atoms with E-state index in [4.69, 9.17) is 0 Å². The molecule has 2 saturated carbocycles. The second-order valence-electron chi connectivity index (χ2n) is 8.73. The largest absolute Gasteiger partial charge is 0.352 e. The second kappa shape index (κ2) is 9.99. The van der Waals surface area contributed by atoms with E-state index >= 15 is 0 Å². The molecule has 162 valence electrons. The average Bonchev–Trinajstić information content (AvgIpc) is 3.01. The van der Waals surface area contributed by atoms with Crippen molar-refractivity contribution in [3.8, 4) is 0 Å². The molecule has 30 heavy (non-hydrogen) atoms. The van der Waals surface area contributed by atoms with Gasteiger partial charge in [0.2, 0.25) is 5.91 Å². The van der Waals surface area contributed by atoms with Crippen molar-refractivity contribution in [2.45, 2.75) is 81.5 Å². The average molecular weight is 431 g/mol. The van der Waals surface area contributed by atoms with E-state index in [2.05, 4.69) is 5.32 Å². The highest BCUT2D eigenvalue weighted by molar-refractivity contribution is 8.04. The topological polar surface area (TPSA) is 49.4 Å². The molecular weight excluding hydrogens is 399 g/mol. The first-order valence-electron chi connectivity index (χ1n) is 11.3. The molecule has 0 spiro atoms. The van der Waals surface area contributed by atoms with Crippen LogP contribution in [0.15, 0.2) is 29.2 Å². The second-order valence-corrected chi connectivity index (χ2v) is 10.0. The number of rotatable bonds is 4. The molecule has 0 radical (unpaired) electrons. The Bertz CT molecular complexity index is 804. The third-order valence-electron chi connectivity index (χ3n) is 6.54. The predicted octanol–water partition coefficient (Wildman–Crippen LogP) is 4.89. The molecule has 2 amide bonds. The summed E-state index contributed by atoms with van der Waals surface area (Å²) in [6.07, 6.45) is 12.7. The quantitative estimate of drug-likeness (QED) is 0.546. The molecule has 4 nitrogen and oxygen atoms in total. The van der Waals surface area contributed by atoms with Crippen molar-refractivity contribution >= 4 is 29.7 Å². The van der Waals surface area contributed by atoms with Gasteiger partial charge in [-0.3, -0.25) is 9.59 Å². The van der Waals surface area contributed by atoms with E-state index in [1.807, 2.05) is 0 Å². The molecule has 2 unspecified atom stereocenters. The lowest BCUT2D eigenvalue weighted by Crippen LogP contribution is -2.55. The third-order valence-corrected chi connectivity index (χ3v) is 7.94. The van der Waals surface area contributed by atoms with Gasteiger partial charge in [-0.1, -0.05) is 56.7 Å². The number of thioether (sulfide) groups is 1. The van der Waals surface area contributed by atoms with Crippen molar-refractivity contribution in [3.05, 3.63) is 40.6 Å². The summed E-state index contributed by atoms with van der Waals surface area (Å²) < 4.78 is 14.2. The lowest BCUT2D eigenvalue weighted by molar-refractivity contribution is -0.136. The number of carbonyl (C=O) groups is 2. The Kier molecular flexibility index (Phi) is 7.13. The van der Waals surface area contributed by atoms with Gasteiger partial charge in [-0.2, -0.15) is 0 Å². The molecule has 4 rings (SSSR count). The first-order valence-corrected chi connectivity index (χ1v) is 12.2. The van der Waals surface area contributed by atoms with E-state index in [1.165, 1.54) is 18.9 Å². The predicted molar refractivity (Wildman–Crippen MR) is 119 cm³/mol. The van der Waals surface area contributed by atoms with Crippen molar-refractivity contribution in [1.29, 1.82) is 0 Å². The van der Waals surface area contributed by atoms with Gasteiger partial charge in [0.05, 0.1) is 4.91 Å². The van der Waals surface area contributed by atoms with Crippen LogP contribution in [-0.2, 0) is 9.59 Å².